The van der Waals surface area contributed by atoms with Crippen LogP contribution in [0.4, 0.5) is 0 Å². The molecule has 194 valence electrons. The van der Waals surface area contributed by atoms with Crippen LogP contribution in [0.3, 0.4) is 0 Å². The molecular weight excluding hydrogens is 521 g/mol. The lowest BCUT2D eigenvalue weighted by atomic mass is 9.85. The first-order valence-corrected chi connectivity index (χ1v) is 13.7. The third-order valence-corrected chi connectivity index (χ3v) is 8.64. The number of nitriles is 1. The van der Waals surface area contributed by atoms with Crippen LogP contribution in [0.2, 0.25) is 10.0 Å². The van der Waals surface area contributed by atoms with Crippen molar-refractivity contribution in [2.75, 3.05) is 13.7 Å². The van der Waals surface area contributed by atoms with E-state index in [1.165, 1.54) is 12.8 Å². The Kier molecular flexibility index (Phi) is 6.41. The zero-order chi connectivity index (χ0) is 26.4. The molecule has 0 spiro atoms. The molecule has 2 aromatic carbocycles. The molecule has 3 aromatic rings. The van der Waals surface area contributed by atoms with Gasteiger partial charge >= 0.3 is 0 Å². The molecule has 1 amide bonds. The molecular formula is C29H27Cl2N5O2. The Morgan fingerprint density at radius 2 is 1.84 bits per heavy atom. The Hall–Kier alpha value is -3.34. The molecule has 38 heavy (non-hydrogen) atoms. The van der Waals surface area contributed by atoms with Gasteiger partial charge in [-0.25, -0.2) is 4.68 Å². The number of benzene rings is 2. The van der Waals surface area contributed by atoms with E-state index in [9.17, 15) is 10.1 Å². The molecule has 0 radical (unpaired) electrons. The summed E-state index contributed by atoms with van der Waals surface area (Å²) in [4.78, 5) is 16.0. The van der Waals surface area contributed by atoms with Crippen LogP contribution in [0.1, 0.15) is 66.4 Å². The molecule has 2 aliphatic heterocycles. The molecule has 9 heteroatoms. The lowest BCUT2D eigenvalue weighted by molar-refractivity contribution is -0.126. The van der Waals surface area contributed by atoms with Crippen molar-refractivity contribution in [3.05, 3.63) is 86.9 Å². The summed E-state index contributed by atoms with van der Waals surface area (Å²) in [5.41, 5.74) is 3.03. The van der Waals surface area contributed by atoms with Gasteiger partial charge < -0.3 is 9.64 Å². The molecule has 1 saturated heterocycles. The Morgan fingerprint density at radius 1 is 1.13 bits per heavy atom. The quantitative estimate of drug-likeness (QED) is 0.381. The second-order valence-corrected chi connectivity index (χ2v) is 11.3. The maximum Gasteiger partial charge on any atom is 0.258 e. The van der Waals surface area contributed by atoms with E-state index in [2.05, 4.69) is 22.6 Å². The smallest absolute Gasteiger partial charge is 0.258 e. The minimum absolute atomic E-state index is 0.0466. The fourth-order valence-corrected chi connectivity index (χ4v) is 7.02. The first-order chi connectivity index (χ1) is 18.4. The van der Waals surface area contributed by atoms with E-state index in [1.54, 1.807) is 37.4 Å². The van der Waals surface area contributed by atoms with Crippen molar-refractivity contribution in [2.45, 2.75) is 56.0 Å². The standard InChI is InChI=1S/C29H27Cl2N5O2/c1-38-27-26(21-10-22(30)12-23(31)11-21)28(37)35-16-24(36-17-25(33-34-36)20-4-2-3-5-20)14-29(27,35)13-18-6-8-19(15-32)9-7-18/h6-12,17,20,24H,2-5,13-14,16H2,1H3/t24-,29?/m0/s1. The molecule has 1 aromatic heterocycles. The molecule has 1 saturated carbocycles. The predicted molar refractivity (Wildman–Crippen MR) is 145 cm³/mol. The summed E-state index contributed by atoms with van der Waals surface area (Å²) >= 11 is 12.6. The van der Waals surface area contributed by atoms with Crippen LogP contribution in [-0.2, 0) is 16.0 Å². The van der Waals surface area contributed by atoms with Gasteiger partial charge in [0.1, 0.15) is 11.3 Å². The number of nitrogens with zero attached hydrogens (tertiary/aromatic N) is 5. The number of halogens is 2. The molecule has 3 heterocycles. The van der Waals surface area contributed by atoms with Crippen LogP contribution in [0.15, 0.2) is 54.4 Å². The average molecular weight is 548 g/mol. The molecule has 2 atom stereocenters. The number of carbonyl (C=O) groups excluding carboxylic acids is 1. The van der Waals surface area contributed by atoms with Crippen molar-refractivity contribution in [3.8, 4) is 6.07 Å². The van der Waals surface area contributed by atoms with E-state index in [4.69, 9.17) is 27.9 Å². The van der Waals surface area contributed by atoms with Gasteiger partial charge in [-0.2, -0.15) is 5.26 Å². The minimum atomic E-state index is -0.728. The number of carbonyl (C=O) groups is 1. The van der Waals surface area contributed by atoms with Crippen LogP contribution in [0.5, 0.6) is 0 Å². The fraction of sp³-hybridized carbons (Fsp3) is 0.379. The summed E-state index contributed by atoms with van der Waals surface area (Å²) in [6.07, 6.45) is 7.98. The van der Waals surface area contributed by atoms with Gasteiger partial charge in [0, 0.05) is 41.5 Å². The Labute approximate surface area is 231 Å². The number of hydrogen-bond donors (Lipinski definition) is 0. The van der Waals surface area contributed by atoms with Gasteiger partial charge in [-0.3, -0.25) is 4.79 Å². The lowest BCUT2D eigenvalue weighted by Crippen LogP contribution is -2.45. The van der Waals surface area contributed by atoms with E-state index < -0.39 is 5.54 Å². The van der Waals surface area contributed by atoms with Crippen LogP contribution >= 0.6 is 23.2 Å². The zero-order valence-electron chi connectivity index (χ0n) is 21.0. The number of aromatic nitrogens is 3. The highest BCUT2D eigenvalue weighted by Crippen LogP contribution is 2.52. The lowest BCUT2D eigenvalue weighted by Gasteiger charge is -2.34. The second-order valence-electron chi connectivity index (χ2n) is 10.5. The third kappa shape index (κ3) is 4.16. The maximum atomic E-state index is 14.1. The van der Waals surface area contributed by atoms with Crippen LogP contribution < -0.4 is 0 Å². The molecule has 0 N–H and O–H groups in total. The van der Waals surface area contributed by atoms with Crippen LogP contribution in [-0.4, -0.2) is 45.0 Å². The van der Waals surface area contributed by atoms with Crippen molar-refractivity contribution in [1.82, 2.24) is 19.9 Å². The van der Waals surface area contributed by atoms with E-state index in [0.29, 0.717) is 57.8 Å². The number of hydrogen-bond acceptors (Lipinski definition) is 5. The summed E-state index contributed by atoms with van der Waals surface area (Å²) in [5.74, 6) is 0.948. The Bertz CT molecular complexity index is 1450. The Balaban J connectivity index is 1.43. The van der Waals surface area contributed by atoms with Crippen LogP contribution in [0.25, 0.3) is 5.57 Å². The second kappa shape index (κ2) is 9.76. The van der Waals surface area contributed by atoms with Gasteiger partial charge in [-0.05, 0) is 54.3 Å². The SMILES string of the molecule is COC1=C(c2cc(Cl)cc(Cl)c2)C(=O)N2C[C@@H](n3cc(C4CCCC4)nn3)CC12Cc1ccc(C#N)cc1. The summed E-state index contributed by atoms with van der Waals surface area (Å²) in [7, 11) is 1.61. The predicted octanol–water partition coefficient (Wildman–Crippen LogP) is 5.94. The zero-order valence-corrected chi connectivity index (χ0v) is 22.5. The van der Waals surface area contributed by atoms with Gasteiger partial charge in [0.05, 0.1) is 36.1 Å². The fourth-order valence-electron chi connectivity index (χ4n) is 6.49. The summed E-state index contributed by atoms with van der Waals surface area (Å²) in [5, 5.41) is 19.2. The first kappa shape index (κ1) is 25.0. The monoisotopic (exact) mass is 547 g/mol. The van der Waals surface area contributed by atoms with Gasteiger partial charge in [0.25, 0.3) is 5.91 Å². The topological polar surface area (TPSA) is 84.0 Å². The first-order valence-electron chi connectivity index (χ1n) is 12.9. The van der Waals surface area contributed by atoms with E-state index in [1.807, 2.05) is 21.7 Å². The summed E-state index contributed by atoms with van der Waals surface area (Å²) in [6, 6.07) is 14.8. The van der Waals surface area contributed by atoms with Crippen molar-refractivity contribution in [3.63, 3.8) is 0 Å². The molecule has 1 unspecified atom stereocenters. The van der Waals surface area contributed by atoms with Crippen LogP contribution in [0, 0.1) is 11.3 Å². The van der Waals surface area contributed by atoms with E-state index >= 15 is 0 Å². The number of fused-ring (bicyclic) bond motifs is 1. The summed E-state index contributed by atoms with van der Waals surface area (Å²) < 4.78 is 8.00. The van der Waals surface area contributed by atoms with Crippen molar-refractivity contribution in [2.24, 2.45) is 0 Å². The van der Waals surface area contributed by atoms with Crippen molar-refractivity contribution >= 4 is 34.7 Å². The van der Waals surface area contributed by atoms with Crippen molar-refractivity contribution in [1.29, 1.82) is 5.26 Å². The van der Waals surface area contributed by atoms with Gasteiger partial charge in [-0.15, -0.1) is 5.10 Å². The number of amides is 1. The number of ether oxygens (including phenoxy) is 1. The third-order valence-electron chi connectivity index (χ3n) is 8.20. The molecule has 7 nitrogen and oxygen atoms in total. The molecule has 1 aliphatic carbocycles. The van der Waals surface area contributed by atoms with Gasteiger partial charge in [0.15, 0.2) is 0 Å². The minimum Gasteiger partial charge on any atom is -0.498 e. The largest absolute Gasteiger partial charge is 0.498 e. The van der Waals surface area contributed by atoms with Crippen molar-refractivity contribution < 1.29 is 9.53 Å². The highest BCUT2D eigenvalue weighted by Gasteiger charge is 2.59. The highest BCUT2D eigenvalue weighted by atomic mass is 35.5. The number of methoxy groups -OCH3 is 1. The molecule has 6 rings (SSSR count). The molecule has 3 aliphatic rings. The summed E-state index contributed by atoms with van der Waals surface area (Å²) in [6.45, 7) is 0.479. The molecule has 2 fully saturated rings. The normalized spacial score (nSPS) is 23.3. The number of rotatable bonds is 6. The molecule has 0 bridgehead atoms. The average Bonchev–Trinajstić information content (AvgIpc) is 3.68. The highest BCUT2D eigenvalue weighted by molar-refractivity contribution is 6.35. The van der Waals surface area contributed by atoms with Gasteiger partial charge in [-0.1, -0.05) is 53.4 Å². The Morgan fingerprint density at radius 3 is 2.50 bits per heavy atom. The van der Waals surface area contributed by atoms with E-state index in [-0.39, 0.29) is 11.9 Å². The van der Waals surface area contributed by atoms with E-state index in [0.717, 1.165) is 24.1 Å². The maximum absolute atomic E-state index is 14.1. The van der Waals surface area contributed by atoms with Gasteiger partial charge in [0.2, 0.25) is 0 Å².